The topological polar surface area (TPSA) is 332 Å². The third-order valence-electron chi connectivity index (χ3n) is 14.3. The van der Waals surface area contributed by atoms with Gasteiger partial charge < -0.3 is 44.1 Å². The Kier molecular flexibility index (Phi) is 47.1. The molecule has 24 nitrogen and oxygen atoms in total. The molecule has 1 unspecified atom stereocenters. The van der Waals surface area contributed by atoms with Crippen molar-refractivity contribution in [3.05, 3.63) is 251 Å². The zero-order valence-corrected chi connectivity index (χ0v) is 61.4. The molecule has 6 atom stereocenters. The van der Waals surface area contributed by atoms with E-state index < -0.39 is 30.1 Å². The van der Waals surface area contributed by atoms with Gasteiger partial charge in [0.05, 0.1) is 66.0 Å². The first-order chi connectivity index (χ1) is 50.7. The fourth-order valence-corrected chi connectivity index (χ4v) is 8.54. The fraction of sp³-hybridized carbons (Fsp3) is 0.358. The van der Waals surface area contributed by atoms with Crippen LogP contribution in [0.25, 0.3) is 0 Å². The first kappa shape index (κ1) is 89.6. The van der Waals surface area contributed by atoms with Crippen LogP contribution in [0.1, 0.15) is 132 Å². The standard InChI is InChI=1S/2C20H21N3O2.C13H14O2.C9H10O2.C6H9N3O2.C6H8O2.C4H8O2.C2H6.CH4O/c2*1-16(20(24)25-15-18-10-6-3-7-11-18)12-19-14-23(22-21-19)13-17-8-4-2-5-9-17;1-3-7-11(2)13(14)15-10-12-8-5-4-6-9-12;1-8(10)11-7-9-5-3-2-4-6-9;1-4(6(10)11)2-5-3-7-9-8-5;1-3-4-5(2)6(7)8;5-4-2-1-3-6-4;2*1-2/h2*2-11,14,16H,12-13,15H2,1H3;1,4-6,8-9,11H,7,10H2,2H3;2-6H,7H2,1H3;3-4H,2H2,1H3,(H,10,11)(H,7,8,9);1,5H,4H2,2H3,(H,7,8);4-5H,1-3H2;1-2H3;2H,1H3/t2*16-;11-;;4-;5-;;;/m000.00.../s1. The third-order valence-corrected chi connectivity index (χ3v) is 14.3. The van der Waals surface area contributed by atoms with Crippen LogP contribution in [0.3, 0.4) is 0 Å². The second-order valence-electron chi connectivity index (χ2n) is 23.4. The van der Waals surface area contributed by atoms with Gasteiger partial charge >= 0.3 is 35.8 Å². The van der Waals surface area contributed by atoms with Crippen LogP contribution in [0.5, 0.6) is 0 Å². The van der Waals surface area contributed by atoms with Crippen molar-refractivity contribution in [2.75, 3.05) is 13.7 Å². The maximum atomic E-state index is 12.1. The van der Waals surface area contributed by atoms with E-state index in [9.17, 15) is 28.8 Å². The van der Waals surface area contributed by atoms with E-state index in [0.29, 0.717) is 77.3 Å². The molecule has 1 fully saturated rings. The summed E-state index contributed by atoms with van der Waals surface area (Å²) in [7, 11) is 1.00. The number of hydrogen-bond donors (Lipinski definition) is 5. The van der Waals surface area contributed by atoms with Crippen molar-refractivity contribution in [3.8, 4) is 24.7 Å². The lowest BCUT2D eigenvalue weighted by atomic mass is 10.1. The molecule has 3 aromatic heterocycles. The molecule has 0 bridgehead atoms. The van der Waals surface area contributed by atoms with Crippen molar-refractivity contribution >= 4 is 35.8 Å². The number of aliphatic carboxylic acids is 2. The summed E-state index contributed by atoms with van der Waals surface area (Å²) < 4.78 is 28.9. The molecule has 24 heteroatoms. The summed E-state index contributed by atoms with van der Waals surface area (Å²) in [5.41, 5.74) is 8.55. The van der Waals surface area contributed by atoms with Gasteiger partial charge in [-0.25, -0.2) is 9.36 Å². The number of carbonyl (C=O) groups excluding carboxylic acids is 4. The van der Waals surface area contributed by atoms with Gasteiger partial charge in [-0.2, -0.15) is 15.4 Å². The summed E-state index contributed by atoms with van der Waals surface area (Å²) in [6.07, 6.45) is 18.8. The number of aliphatic hydroxyl groups is 2. The molecule has 10 rings (SSSR count). The minimum Gasteiger partial charge on any atom is -0.481 e. The van der Waals surface area contributed by atoms with Crippen LogP contribution in [0, 0.1) is 54.3 Å². The van der Waals surface area contributed by atoms with E-state index in [1.165, 1.54) is 13.1 Å². The number of aromatic nitrogens is 9. The molecular formula is C81H101N9O15. The zero-order valence-electron chi connectivity index (χ0n) is 61.4. The van der Waals surface area contributed by atoms with Gasteiger partial charge in [0.25, 0.3) is 0 Å². The number of carbonyl (C=O) groups is 6. The largest absolute Gasteiger partial charge is 0.481 e. The van der Waals surface area contributed by atoms with E-state index in [4.69, 9.17) is 57.0 Å². The number of rotatable bonds is 25. The Morgan fingerprint density at radius 2 is 0.819 bits per heavy atom. The third kappa shape index (κ3) is 41.9. The molecule has 1 aliphatic rings. The van der Waals surface area contributed by atoms with Crippen molar-refractivity contribution in [2.45, 2.75) is 146 Å². The smallest absolute Gasteiger partial charge is 0.309 e. The van der Waals surface area contributed by atoms with Gasteiger partial charge in [-0.05, 0) is 39.8 Å². The average molecular weight is 1440 g/mol. The second-order valence-corrected chi connectivity index (χ2v) is 23.4. The Bertz CT molecular complexity index is 3710. The lowest BCUT2D eigenvalue weighted by Crippen LogP contribution is -2.17. The van der Waals surface area contributed by atoms with E-state index in [2.05, 4.69) is 47.9 Å². The van der Waals surface area contributed by atoms with Gasteiger partial charge in [0, 0.05) is 71.6 Å². The molecule has 0 saturated carbocycles. The number of terminal acetylenes is 2. The summed E-state index contributed by atoms with van der Waals surface area (Å²) in [5, 5.41) is 58.6. The molecular weight excluding hydrogens is 1340 g/mol. The Labute approximate surface area is 616 Å². The van der Waals surface area contributed by atoms with E-state index in [1.54, 1.807) is 30.1 Å². The van der Waals surface area contributed by atoms with E-state index in [-0.39, 0.29) is 41.6 Å². The van der Waals surface area contributed by atoms with E-state index >= 15 is 0 Å². The number of esters is 4. The summed E-state index contributed by atoms with van der Waals surface area (Å²) >= 11 is 0. The Hall–Kier alpha value is -11.4. The summed E-state index contributed by atoms with van der Waals surface area (Å²) in [6.45, 7) is 17.4. The summed E-state index contributed by atoms with van der Waals surface area (Å²) in [5.74, 6) is 0.602. The number of nitrogens with zero attached hydrogens (tertiary/aromatic N) is 8. The molecule has 0 aliphatic carbocycles. The summed E-state index contributed by atoms with van der Waals surface area (Å²) in [4.78, 5) is 66.4. The summed E-state index contributed by atoms with van der Waals surface area (Å²) in [6, 6.07) is 58.7. The molecule has 9 aromatic rings. The predicted octanol–water partition coefficient (Wildman–Crippen LogP) is 12.2. The zero-order chi connectivity index (χ0) is 77.4. The number of aliphatic hydroxyl groups excluding tert-OH is 2. The lowest BCUT2D eigenvalue weighted by molar-refractivity contribution is -0.150. The average Bonchev–Trinajstić information content (AvgIpc) is 1.75. The first-order valence-corrected chi connectivity index (χ1v) is 34.3. The van der Waals surface area contributed by atoms with Gasteiger partial charge in [-0.1, -0.05) is 241 Å². The quantitative estimate of drug-likeness (QED) is 0.0202. The van der Waals surface area contributed by atoms with Crippen LogP contribution < -0.4 is 0 Å². The molecule has 0 amide bonds. The van der Waals surface area contributed by atoms with Crippen LogP contribution >= 0.6 is 0 Å². The number of nitrogens with one attached hydrogen (secondary N) is 1. The Balaban J connectivity index is 0.000000434. The van der Waals surface area contributed by atoms with Crippen molar-refractivity contribution in [1.82, 2.24) is 45.4 Å². The maximum Gasteiger partial charge on any atom is 0.309 e. The van der Waals surface area contributed by atoms with Gasteiger partial charge in [0.2, 0.25) is 0 Å². The number of hydrogen-bond acceptors (Lipinski definition) is 19. The highest BCUT2D eigenvalue weighted by molar-refractivity contribution is 5.73. The van der Waals surface area contributed by atoms with Crippen LogP contribution in [0.4, 0.5) is 0 Å². The molecule has 0 radical (unpaired) electrons. The number of ether oxygens (including phenoxy) is 5. The van der Waals surface area contributed by atoms with E-state index in [0.717, 1.165) is 71.3 Å². The number of carboxylic acids is 2. The van der Waals surface area contributed by atoms with E-state index in [1.807, 2.05) is 222 Å². The van der Waals surface area contributed by atoms with Gasteiger partial charge in [0.1, 0.15) is 26.4 Å². The number of aromatic amines is 1. The van der Waals surface area contributed by atoms with Crippen LogP contribution in [-0.4, -0.2) is 122 Å². The molecule has 0 spiro atoms. The number of benzene rings is 6. The first-order valence-electron chi connectivity index (χ1n) is 34.3. The predicted molar refractivity (Wildman–Crippen MR) is 398 cm³/mol. The van der Waals surface area contributed by atoms with Gasteiger partial charge in [-0.3, -0.25) is 28.8 Å². The van der Waals surface area contributed by atoms with Crippen LogP contribution in [-0.2, 0) is 111 Å². The Morgan fingerprint density at radius 3 is 1.10 bits per heavy atom. The lowest BCUT2D eigenvalue weighted by Gasteiger charge is -2.10. The molecule has 4 heterocycles. The highest BCUT2D eigenvalue weighted by Gasteiger charge is 2.20. The molecule has 5 N–H and O–H groups in total. The maximum absolute atomic E-state index is 12.1. The number of H-pyrrole nitrogens is 1. The highest BCUT2D eigenvalue weighted by atomic mass is 16.6. The SMILES string of the molecule is C#CC[C@H](C)C(=O)O.C#CC[C@H](C)C(=O)OCc1ccccc1.CC.CC(=O)OCc1ccccc1.CO.C[C@@H](Cc1cn(Cc2ccccc2)nn1)C(=O)OCc1ccccc1.C[C@@H](Cc1cn(Cc2ccccc2)nn1)C(=O)OCc1ccccc1.C[C@@H](Cc1cn[nH]n1)C(=O)O.OC1CCCO1. The second kappa shape index (κ2) is 55.2. The van der Waals surface area contributed by atoms with Gasteiger partial charge in [0.15, 0.2) is 6.29 Å². The minimum atomic E-state index is -0.831. The monoisotopic (exact) mass is 1440 g/mol. The normalized spacial score (nSPS) is 12.6. The van der Waals surface area contributed by atoms with Crippen molar-refractivity contribution in [3.63, 3.8) is 0 Å². The molecule has 105 heavy (non-hydrogen) atoms. The van der Waals surface area contributed by atoms with Crippen molar-refractivity contribution in [2.24, 2.45) is 29.6 Å². The molecule has 1 saturated heterocycles. The van der Waals surface area contributed by atoms with Crippen molar-refractivity contribution in [1.29, 1.82) is 0 Å². The Morgan fingerprint density at radius 1 is 0.495 bits per heavy atom. The van der Waals surface area contributed by atoms with Crippen molar-refractivity contribution < 1.29 is 72.9 Å². The fourth-order valence-electron chi connectivity index (χ4n) is 8.54. The highest BCUT2D eigenvalue weighted by Crippen LogP contribution is 2.15. The molecule has 6 aromatic carbocycles. The van der Waals surface area contributed by atoms with Crippen LogP contribution in [0.15, 0.2) is 201 Å². The molecule has 560 valence electrons. The number of carboxylic acid groups (broad SMARTS) is 2. The minimum absolute atomic E-state index is 0.221. The molecule has 1 aliphatic heterocycles. The van der Waals surface area contributed by atoms with Gasteiger partial charge in [-0.15, -0.1) is 34.9 Å². The van der Waals surface area contributed by atoms with Crippen LogP contribution in [0.2, 0.25) is 0 Å².